The second kappa shape index (κ2) is 7.16. The summed E-state index contributed by atoms with van der Waals surface area (Å²) in [6.07, 6.45) is 10.5. The number of rotatable bonds is 5. The molecule has 2 aliphatic rings. The standard InChI is InChI=1S/C20H26N4S/c1-2-13-24-19(17-11-7-14-23(17)15-8-3-4-9-15)18(22-20(24)25)16-10-5-6-12-21-16/h5-7,10-12,14-15,18-19H,2-4,8-9,13H2,1H3,(H,22,25)/t18-,19+/m0/s1. The fourth-order valence-corrected chi connectivity index (χ4v) is 4.71. The maximum Gasteiger partial charge on any atom is 0.170 e. The Morgan fingerprint density at radius 2 is 2.04 bits per heavy atom. The van der Waals surface area contributed by atoms with Crippen LogP contribution >= 0.6 is 12.2 Å². The summed E-state index contributed by atoms with van der Waals surface area (Å²) in [5, 5.41) is 4.39. The van der Waals surface area contributed by atoms with Gasteiger partial charge in [0.05, 0.1) is 17.8 Å². The molecule has 2 fully saturated rings. The molecule has 0 amide bonds. The predicted octanol–water partition coefficient (Wildman–Crippen LogP) is 4.38. The van der Waals surface area contributed by atoms with Gasteiger partial charge in [-0.1, -0.05) is 25.8 Å². The van der Waals surface area contributed by atoms with Gasteiger partial charge in [-0.05, 0) is 55.7 Å². The molecule has 25 heavy (non-hydrogen) atoms. The quantitative estimate of drug-likeness (QED) is 0.808. The van der Waals surface area contributed by atoms with Crippen molar-refractivity contribution in [1.82, 2.24) is 19.8 Å². The van der Waals surface area contributed by atoms with Crippen LogP contribution in [-0.2, 0) is 0 Å². The number of nitrogens with one attached hydrogen (secondary N) is 1. The molecular formula is C20H26N4S. The van der Waals surface area contributed by atoms with Gasteiger partial charge in [-0.3, -0.25) is 4.98 Å². The second-order valence-corrected chi connectivity index (χ2v) is 7.49. The number of hydrogen-bond donors (Lipinski definition) is 1. The highest BCUT2D eigenvalue weighted by Crippen LogP contribution is 2.41. The van der Waals surface area contributed by atoms with Crippen molar-refractivity contribution in [1.29, 1.82) is 0 Å². The maximum atomic E-state index is 5.69. The molecule has 1 aliphatic heterocycles. The summed E-state index contributed by atoms with van der Waals surface area (Å²) in [4.78, 5) is 6.98. The van der Waals surface area contributed by atoms with E-state index in [1.165, 1.54) is 31.4 Å². The van der Waals surface area contributed by atoms with Crippen molar-refractivity contribution in [2.24, 2.45) is 0 Å². The summed E-state index contributed by atoms with van der Waals surface area (Å²) < 4.78 is 2.51. The average molecular weight is 355 g/mol. The Morgan fingerprint density at radius 1 is 1.20 bits per heavy atom. The molecule has 0 spiro atoms. The van der Waals surface area contributed by atoms with Gasteiger partial charge in [0, 0.05) is 30.7 Å². The minimum absolute atomic E-state index is 0.107. The minimum Gasteiger partial charge on any atom is -0.352 e. The van der Waals surface area contributed by atoms with Crippen LogP contribution in [0.5, 0.6) is 0 Å². The van der Waals surface area contributed by atoms with Crippen LogP contribution < -0.4 is 5.32 Å². The molecule has 2 aromatic heterocycles. The van der Waals surface area contributed by atoms with Crippen molar-refractivity contribution in [2.75, 3.05) is 6.54 Å². The maximum absolute atomic E-state index is 5.69. The SMILES string of the molecule is CCCN1C(=S)N[C@@H](c2ccccn2)[C@H]1c1cccn1C1CCCC1. The Labute approximate surface area is 155 Å². The zero-order chi connectivity index (χ0) is 17.2. The number of hydrogen-bond acceptors (Lipinski definition) is 2. The van der Waals surface area contributed by atoms with E-state index >= 15 is 0 Å². The van der Waals surface area contributed by atoms with Crippen molar-refractivity contribution < 1.29 is 0 Å². The summed E-state index contributed by atoms with van der Waals surface area (Å²) in [7, 11) is 0. The Hall–Kier alpha value is -1.88. The third-order valence-corrected chi connectivity index (χ3v) is 5.85. The van der Waals surface area contributed by atoms with Gasteiger partial charge in [-0.25, -0.2) is 0 Å². The van der Waals surface area contributed by atoms with Gasteiger partial charge in [0.1, 0.15) is 0 Å². The molecule has 4 nitrogen and oxygen atoms in total. The predicted molar refractivity (Wildman–Crippen MR) is 104 cm³/mol. The van der Waals surface area contributed by atoms with Crippen LogP contribution in [0.25, 0.3) is 0 Å². The van der Waals surface area contributed by atoms with E-state index in [9.17, 15) is 0 Å². The highest BCUT2D eigenvalue weighted by atomic mass is 32.1. The van der Waals surface area contributed by atoms with Crippen molar-refractivity contribution in [2.45, 2.75) is 57.2 Å². The largest absolute Gasteiger partial charge is 0.352 e. The molecule has 132 valence electrons. The number of aromatic nitrogens is 2. The average Bonchev–Trinajstić information content (AvgIpc) is 3.36. The van der Waals surface area contributed by atoms with Gasteiger partial charge in [-0.15, -0.1) is 0 Å². The molecule has 0 radical (unpaired) electrons. The van der Waals surface area contributed by atoms with Crippen LogP contribution in [0.2, 0.25) is 0 Å². The number of nitrogens with zero attached hydrogens (tertiary/aromatic N) is 3. The van der Waals surface area contributed by atoms with E-state index in [1.54, 1.807) is 0 Å². The van der Waals surface area contributed by atoms with Gasteiger partial charge in [0.15, 0.2) is 5.11 Å². The lowest BCUT2D eigenvalue weighted by molar-refractivity contribution is 0.296. The van der Waals surface area contributed by atoms with E-state index < -0.39 is 0 Å². The molecule has 1 saturated heterocycles. The van der Waals surface area contributed by atoms with Crippen LogP contribution in [0.3, 0.4) is 0 Å². The summed E-state index contributed by atoms with van der Waals surface area (Å²) in [6, 6.07) is 11.5. The Bertz CT molecular complexity index is 720. The monoisotopic (exact) mass is 354 g/mol. The first-order valence-corrected chi connectivity index (χ1v) is 9.85. The minimum atomic E-state index is 0.107. The van der Waals surface area contributed by atoms with E-state index in [0.717, 1.165) is 23.8 Å². The van der Waals surface area contributed by atoms with E-state index in [2.05, 4.69) is 57.2 Å². The number of thiocarbonyl (C=S) groups is 1. The Morgan fingerprint density at radius 3 is 2.76 bits per heavy atom. The van der Waals surface area contributed by atoms with Gasteiger partial charge in [0.25, 0.3) is 0 Å². The second-order valence-electron chi connectivity index (χ2n) is 7.10. The summed E-state index contributed by atoms with van der Waals surface area (Å²) >= 11 is 5.69. The van der Waals surface area contributed by atoms with Crippen LogP contribution in [0.1, 0.15) is 68.5 Å². The van der Waals surface area contributed by atoms with Gasteiger partial charge in [0.2, 0.25) is 0 Å². The first-order chi connectivity index (χ1) is 12.3. The third-order valence-electron chi connectivity index (χ3n) is 5.50. The first-order valence-electron chi connectivity index (χ1n) is 9.44. The zero-order valence-electron chi connectivity index (χ0n) is 14.8. The van der Waals surface area contributed by atoms with E-state index in [1.807, 2.05) is 12.3 Å². The van der Waals surface area contributed by atoms with Crippen LogP contribution in [-0.4, -0.2) is 26.1 Å². The number of pyridine rings is 1. The van der Waals surface area contributed by atoms with Crippen molar-refractivity contribution >= 4 is 17.3 Å². The summed E-state index contributed by atoms with van der Waals surface area (Å²) in [5.41, 5.74) is 2.43. The lowest BCUT2D eigenvalue weighted by Gasteiger charge is -2.30. The van der Waals surface area contributed by atoms with Gasteiger partial charge in [-0.2, -0.15) is 0 Å². The summed E-state index contributed by atoms with van der Waals surface area (Å²) in [5.74, 6) is 0. The van der Waals surface area contributed by atoms with Crippen LogP contribution in [0.4, 0.5) is 0 Å². The molecule has 5 heteroatoms. The van der Waals surface area contributed by atoms with Crippen LogP contribution in [0.15, 0.2) is 42.7 Å². The smallest absolute Gasteiger partial charge is 0.170 e. The zero-order valence-corrected chi connectivity index (χ0v) is 15.6. The fourth-order valence-electron chi connectivity index (χ4n) is 4.38. The topological polar surface area (TPSA) is 33.1 Å². The molecular weight excluding hydrogens is 328 g/mol. The molecule has 1 saturated carbocycles. The van der Waals surface area contributed by atoms with E-state index in [-0.39, 0.29) is 12.1 Å². The molecule has 0 unspecified atom stereocenters. The molecule has 2 aromatic rings. The lowest BCUT2D eigenvalue weighted by atomic mass is 10.0. The fraction of sp³-hybridized carbons (Fsp3) is 0.500. The van der Waals surface area contributed by atoms with E-state index in [0.29, 0.717) is 6.04 Å². The van der Waals surface area contributed by atoms with Crippen molar-refractivity contribution in [3.8, 4) is 0 Å². The van der Waals surface area contributed by atoms with Crippen molar-refractivity contribution in [3.05, 3.63) is 54.1 Å². The third kappa shape index (κ3) is 3.06. The van der Waals surface area contributed by atoms with Gasteiger partial charge >= 0.3 is 0 Å². The van der Waals surface area contributed by atoms with Gasteiger partial charge < -0.3 is 14.8 Å². The molecule has 0 bridgehead atoms. The van der Waals surface area contributed by atoms with Crippen molar-refractivity contribution in [3.63, 3.8) is 0 Å². The van der Waals surface area contributed by atoms with E-state index in [4.69, 9.17) is 12.2 Å². The molecule has 0 aromatic carbocycles. The summed E-state index contributed by atoms with van der Waals surface area (Å²) in [6.45, 7) is 3.18. The Kier molecular flexibility index (Phi) is 4.75. The molecule has 4 rings (SSSR count). The molecule has 1 N–H and O–H groups in total. The highest BCUT2D eigenvalue weighted by molar-refractivity contribution is 7.80. The van der Waals surface area contributed by atoms with Crippen LogP contribution in [0, 0.1) is 0 Å². The first kappa shape index (κ1) is 16.6. The Balaban J connectivity index is 1.74. The molecule has 2 atom stereocenters. The molecule has 1 aliphatic carbocycles. The molecule has 3 heterocycles. The lowest BCUT2D eigenvalue weighted by Crippen LogP contribution is -2.31. The normalized spacial score (nSPS) is 24.0. The highest BCUT2D eigenvalue weighted by Gasteiger charge is 2.41.